The Balaban J connectivity index is 2.04. The fraction of sp³-hybridized carbons (Fsp3) is 0.462. The van der Waals surface area contributed by atoms with E-state index in [-0.39, 0.29) is 0 Å². The van der Waals surface area contributed by atoms with Gasteiger partial charge in [-0.05, 0) is 30.9 Å². The van der Waals surface area contributed by atoms with Crippen molar-refractivity contribution in [3.05, 3.63) is 35.4 Å². The Kier molecular flexibility index (Phi) is 3.64. The van der Waals surface area contributed by atoms with Crippen molar-refractivity contribution in [1.82, 2.24) is 10.3 Å². The van der Waals surface area contributed by atoms with E-state index >= 15 is 0 Å². The first-order valence-corrected chi connectivity index (χ1v) is 6.00. The summed E-state index contributed by atoms with van der Waals surface area (Å²) in [6, 6.07) is 8.84. The third kappa shape index (κ3) is 3.20. The highest BCUT2D eigenvalue weighted by molar-refractivity contribution is 5.79. The van der Waals surface area contributed by atoms with Crippen LogP contribution in [-0.2, 0) is 6.54 Å². The van der Waals surface area contributed by atoms with Crippen LogP contribution >= 0.6 is 0 Å². The lowest BCUT2D eigenvalue weighted by molar-refractivity contribution is 0.475. The maximum absolute atomic E-state index is 5.52. The van der Waals surface area contributed by atoms with E-state index in [1.54, 1.807) is 0 Å². The van der Waals surface area contributed by atoms with Crippen molar-refractivity contribution in [3.63, 3.8) is 0 Å². The van der Waals surface area contributed by atoms with Crippen LogP contribution in [0.1, 0.15) is 24.0 Å². The normalized spacial score (nSPS) is 15.8. The number of hydrogen-bond acceptors (Lipinski definition) is 2. The lowest BCUT2D eigenvalue weighted by Gasteiger charge is -2.21. The summed E-state index contributed by atoms with van der Waals surface area (Å²) >= 11 is 0. The largest absolute Gasteiger partial charge is 0.341 e. The molecule has 92 valence electrons. The predicted molar refractivity (Wildman–Crippen MR) is 70.4 cm³/mol. The summed E-state index contributed by atoms with van der Waals surface area (Å²) in [4.78, 5) is 6.59. The Morgan fingerprint density at radius 1 is 1.47 bits per heavy atom. The van der Waals surface area contributed by atoms with Gasteiger partial charge in [0.15, 0.2) is 0 Å². The first-order chi connectivity index (χ1) is 8.20. The van der Waals surface area contributed by atoms with E-state index in [0.29, 0.717) is 6.04 Å². The van der Waals surface area contributed by atoms with Gasteiger partial charge in [-0.1, -0.05) is 24.3 Å². The van der Waals surface area contributed by atoms with Crippen LogP contribution in [0.4, 0.5) is 0 Å². The van der Waals surface area contributed by atoms with Crippen molar-refractivity contribution in [3.8, 4) is 0 Å². The van der Waals surface area contributed by atoms with Gasteiger partial charge < -0.3 is 4.90 Å². The van der Waals surface area contributed by atoms with E-state index in [1.807, 2.05) is 7.05 Å². The van der Waals surface area contributed by atoms with Crippen LogP contribution in [0.2, 0.25) is 0 Å². The second kappa shape index (κ2) is 5.19. The topological polar surface area (TPSA) is 53.6 Å². The minimum atomic E-state index is 0.473. The van der Waals surface area contributed by atoms with Crippen LogP contribution in [-0.4, -0.2) is 23.9 Å². The quantitative estimate of drug-likeness (QED) is 0.358. The molecule has 1 fully saturated rings. The SMILES string of the molecule is Cc1ccccc1CN(C)C(=NC1CC1)NN. The molecule has 0 radical (unpaired) electrons. The molecule has 3 N–H and O–H groups in total. The van der Waals surface area contributed by atoms with Crippen molar-refractivity contribution < 1.29 is 0 Å². The third-order valence-electron chi connectivity index (χ3n) is 3.01. The van der Waals surface area contributed by atoms with E-state index < -0.39 is 0 Å². The van der Waals surface area contributed by atoms with Crippen LogP contribution in [0.25, 0.3) is 0 Å². The smallest absolute Gasteiger partial charge is 0.208 e. The molecule has 0 bridgehead atoms. The molecule has 4 heteroatoms. The van der Waals surface area contributed by atoms with Gasteiger partial charge in [-0.15, -0.1) is 0 Å². The molecule has 0 amide bonds. The van der Waals surface area contributed by atoms with Crippen molar-refractivity contribution in [2.24, 2.45) is 10.8 Å². The molecule has 1 aromatic rings. The third-order valence-corrected chi connectivity index (χ3v) is 3.01. The molecule has 2 rings (SSSR count). The molecule has 1 aliphatic carbocycles. The van der Waals surface area contributed by atoms with Gasteiger partial charge in [-0.3, -0.25) is 5.43 Å². The molecule has 1 aromatic carbocycles. The van der Waals surface area contributed by atoms with Crippen molar-refractivity contribution in [2.45, 2.75) is 32.4 Å². The van der Waals surface area contributed by atoms with Gasteiger partial charge in [-0.25, -0.2) is 10.8 Å². The second-order valence-electron chi connectivity index (χ2n) is 4.61. The Bertz CT molecular complexity index is 410. The fourth-order valence-electron chi connectivity index (χ4n) is 1.74. The predicted octanol–water partition coefficient (Wildman–Crippen LogP) is 1.41. The van der Waals surface area contributed by atoms with Gasteiger partial charge in [0.1, 0.15) is 0 Å². The van der Waals surface area contributed by atoms with Crippen LogP contribution < -0.4 is 11.3 Å². The molecule has 0 heterocycles. The molecule has 0 unspecified atom stereocenters. The average Bonchev–Trinajstić information content (AvgIpc) is 3.12. The van der Waals surface area contributed by atoms with E-state index in [2.05, 4.69) is 46.5 Å². The van der Waals surface area contributed by atoms with Gasteiger partial charge in [0.25, 0.3) is 0 Å². The molecule has 0 saturated heterocycles. The Morgan fingerprint density at radius 2 is 2.18 bits per heavy atom. The maximum Gasteiger partial charge on any atom is 0.208 e. The lowest BCUT2D eigenvalue weighted by Crippen LogP contribution is -2.42. The van der Waals surface area contributed by atoms with Gasteiger partial charge in [0, 0.05) is 13.6 Å². The molecular weight excluding hydrogens is 212 g/mol. The summed E-state index contributed by atoms with van der Waals surface area (Å²) in [6.07, 6.45) is 2.37. The second-order valence-corrected chi connectivity index (χ2v) is 4.61. The minimum absolute atomic E-state index is 0.473. The fourth-order valence-corrected chi connectivity index (χ4v) is 1.74. The summed E-state index contributed by atoms with van der Waals surface area (Å²) in [7, 11) is 2.01. The molecule has 17 heavy (non-hydrogen) atoms. The number of nitrogens with one attached hydrogen (secondary N) is 1. The highest BCUT2D eigenvalue weighted by atomic mass is 15.4. The first-order valence-electron chi connectivity index (χ1n) is 6.00. The number of rotatable bonds is 3. The highest BCUT2D eigenvalue weighted by Crippen LogP contribution is 2.23. The number of nitrogens with zero attached hydrogens (tertiary/aromatic N) is 2. The van der Waals surface area contributed by atoms with Crippen LogP contribution in [0.3, 0.4) is 0 Å². The summed E-state index contributed by atoms with van der Waals surface area (Å²) in [6.45, 7) is 2.94. The number of hydrogen-bond donors (Lipinski definition) is 2. The lowest BCUT2D eigenvalue weighted by atomic mass is 10.1. The van der Waals surface area contributed by atoms with E-state index in [4.69, 9.17) is 5.84 Å². The van der Waals surface area contributed by atoms with Crippen molar-refractivity contribution >= 4 is 5.96 Å². The number of guanidine groups is 1. The summed E-state index contributed by atoms with van der Waals surface area (Å²) in [5, 5.41) is 0. The average molecular weight is 232 g/mol. The van der Waals surface area contributed by atoms with Crippen LogP contribution in [0.15, 0.2) is 29.3 Å². The van der Waals surface area contributed by atoms with Crippen molar-refractivity contribution in [1.29, 1.82) is 0 Å². The van der Waals surface area contributed by atoms with Crippen molar-refractivity contribution in [2.75, 3.05) is 7.05 Å². The van der Waals surface area contributed by atoms with Crippen LogP contribution in [0, 0.1) is 6.92 Å². The number of aliphatic imine (C=N–C) groups is 1. The molecule has 0 atom stereocenters. The molecule has 1 saturated carbocycles. The van der Waals surface area contributed by atoms with E-state index in [9.17, 15) is 0 Å². The standard InChI is InChI=1S/C13H20N4/c1-10-5-3-4-6-11(10)9-17(2)13(16-14)15-12-7-8-12/h3-6,12H,7-9,14H2,1-2H3,(H,15,16). The highest BCUT2D eigenvalue weighted by Gasteiger charge is 2.22. The number of hydrazine groups is 1. The summed E-state index contributed by atoms with van der Waals surface area (Å²) < 4.78 is 0. The number of benzene rings is 1. The van der Waals surface area contributed by atoms with E-state index in [0.717, 1.165) is 12.5 Å². The zero-order valence-corrected chi connectivity index (χ0v) is 10.5. The number of aryl methyl sites for hydroxylation is 1. The Labute approximate surface area is 102 Å². The minimum Gasteiger partial charge on any atom is -0.341 e. The molecule has 0 aromatic heterocycles. The van der Waals surface area contributed by atoms with Gasteiger partial charge in [0.05, 0.1) is 6.04 Å². The molecular formula is C13H20N4. The summed E-state index contributed by atoms with van der Waals surface area (Å²) in [5.41, 5.74) is 5.28. The maximum atomic E-state index is 5.52. The van der Waals surface area contributed by atoms with E-state index in [1.165, 1.54) is 24.0 Å². The van der Waals surface area contributed by atoms with Crippen LogP contribution in [0.5, 0.6) is 0 Å². The van der Waals surface area contributed by atoms with Gasteiger partial charge in [0.2, 0.25) is 5.96 Å². The van der Waals surface area contributed by atoms with Gasteiger partial charge in [-0.2, -0.15) is 0 Å². The Morgan fingerprint density at radius 3 is 2.76 bits per heavy atom. The first kappa shape index (κ1) is 11.9. The molecule has 0 aliphatic heterocycles. The molecule has 0 spiro atoms. The number of nitrogens with two attached hydrogens (primary N) is 1. The Hall–Kier alpha value is -1.55. The monoisotopic (exact) mass is 232 g/mol. The molecule has 1 aliphatic rings. The zero-order valence-electron chi connectivity index (χ0n) is 10.5. The summed E-state index contributed by atoms with van der Waals surface area (Å²) in [5.74, 6) is 6.29. The molecule has 4 nitrogen and oxygen atoms in total. The zero-order chi connectivity index (χ0) is 12.3. The van der Waals surface area contributed by atoms with Gasteiger partial charge >= 0.3 is 0 Å².